The van der Waals surface area contributed by atoms with Gasteiger partial charge in [-0.05, 0) is 18.6 Å². The fourth-order valence-corrected chi connectivity index (χ4v) is 3.21. The molecule has 0 aliphatic carbocycles. The van der Waals surface area contributed by atoms with Gasteiger partial charge in [0, 0.05) is 22.2 Å². The van der Waals surface area contributed by atoms with Gasteiger partial charge in [-0.1, -0.05) is 18.2 Å². The Balaban J connectivity index is 1.88. The third-order valence-electron chi connectivity index (χ3n) is 3.19. The van der Waals surface area contributed by atoms with Crippen LogP contribution in [0.25, 0.3) is 10.1 Å². The highest BCUT2D eigenvalue weighted by atomic mass is 32.1. The zero-order chi connectivity index (χ0) is 14.1. The van der Waals surface area contributed by atoms with E-state index in [9.17, 15) is 4.79 Å². The molecule has 0 bridgehead atoms. The number of anilines is 1. The van der Waals surface area contributed by atoms with Gasteiger partial charge in [-0.2, -0.15) is 0 Å². The molecule has 4 nitrogen and oxygen atoms in total. The van der Waals surface area contributed by atoms with Crippen molar-refractivity contribution in [1.29, 1.82) is 0 Å². The molecule has 102 valence electrons. The van der Waals surface area contributed by atoms with Gasteiger partial charge in [-0.3, -0.25) is 4.79 Å². The summed E-state index contributed by atoms with van der Waals surface area (Å²) in [4.78, 5) is 12.8. The number of nitrogens with two attached hydrogens (primary N) is 1. The van der Waals surface area contributed by atoms with Gasteiger partial charge in [0.2, 0.25) is 0 Å². The van der Waals surface area contributed by atoms with Crippen LogP contribution in [0.2, 0.25) is 0 Å². The summed E-state index contributed by atoms with van der Waals surface area (Å²) in [6.45, 7) is 2.45. The number of carbonyl (C=O) groups excluding carboxylic acids is 1. The first-order chi connectivity index (χ1) is 9.66. The van der Waals surface area contributed by atoms with Crippen molar-refractivity contribution < 1.29 is 9.21 Å². The van der Waals surface area contributed by atoms with Gasteiger partial charge in [0.05, 0.1) is 18.2 Å². The average Bonchev–Trinajstić information content (AvgIpc) is 3.06. The highest BCUT2D eigenvalue weighted by Crippen LogP contribution is 2.35. The molecule has 20 heavy (non-hydrogen) atoms. The van der Waals surface area contributed by atoms with Gasteiger partial charge in [-0.15, -0.1) is 11.3 Å². The summed E-state index contributed by atoms with van der Waals surface area (Å²) in [6.07, 6.45) is 3.19. The molecular formula is C15H14N2O2S. The molecule has 1 aromatic carbocycles. The second-order valence-electron chi connectivity index (χ2n) is 4.61. The lowest BCUT2D eigenvalue weighted by Gasteiger charge is -2.02. The van der Waals surface area contributed by atoms with E-state index in [1.54, 1.807) is 12.5 Å². The smallest absolute Gasteiger partial charge is 0.263 e. The summed E-state index contributed by atoms with van der Waals surface area (Å²) in [5, 5.41) is 3.80. The molecule has 2 heterocycles. The lowest BCUT2D eigenvalue weighted by Crippen LogP contribution is -2.22. The first-order valence-electron chi connectivity index (χ1n) is 6.23. The Labute approximate surface area is 120 Å². The minimum absolute atomic E-state index is 0.149. The average molecular weight is 286 g/mol. The minimum atomic E-state index is -0.149. The van der Waals surface area contributed by atoms with Crippen LogP contribution in [0, 0.1) is 6.92 Å². The fraction of sp³-hybridized carbons (Fsp3) is 0.133. The lowest BCUT2D eigenvalue weighted by molar-refractivity contribution is 0.0956. The van der Waals surface area contributed by atoms with Crippen molar-refractivity contribution in [3.63, 3.8) is 0 Å². The summed E-state index contributed by atoms with van der Waals surface area (Å²) in [5.41, 5.74) is 8.70. The van der Waals surface area contributed by atoms with E-state index < -0.39 is 0 Å². The van der Waals surface area contributed by atoms with Crippen LogP contribution in [0.3, 0.4) is 0 Å². The highest BCUT2D eigenvalue weighted by molar-refractivity contribution is 7.21. The molecular weight excluding hydrogens is 272 g/mol. The van der Waals surface area contributed by atoms with Crippen molar-refractivity contribution in [3.05, 3.63) is 52.8 Å². The van der Waals surface area contributed by atoms with E-state index in [0.717, 1.165) is 21.2 Å². The molecule has 0 aliphatic heterocycles. The molecule has 0 atom stereocenters. The summed E-state index contributed by atoms with van der Waals surface area (Å²) in [7, 11) is 0. The minimum Gasteiger partial charge on any atom is -0.472 e. The SMILES string of the molecule is Cc1cccc2c(N)c(C(=O)NCc3ccoc3)sc12. The van der Waals surface area contributed by atoms with Crippen molar-refractivity contribution in [2.45, 2.75) is 13.5 Å². The van der Waals surface area contributed by atoms with Gasteiger partial charge in [0.1, 0.15) is 4.88 Å². The van der Waals surface area contributed by atoms with Crippen LogP contribution in [0.4, 0.5) is 5.69 Å². The standard InChI is InChI=1S/C15H14N2O2S/c1-9-3-2-4-11-12(16)14(20-13(9)11)15(18)17-7-10-5-6-19-8-10/h2-6,8H,7,16H2,1H3,(H,17,18). The number of hydrogen-bond donors (Lipinski definition) is 2. The summed E-state index contributed by atoms with van der Waals surface area (Å²) < 4.78 is 6.03. The largest absolute Gasteiger partial charge is 0.472 e. The summed E-state index contributed by atoms with van der Waals surface area (Å²) in [6, 6.07) is 7.74. The van der Waals surface area contributed by atoms with Crippen molar-refractivity contribution >= 4 is 33.0 Å². The number of nitrogens with one attached hydrogen (secondary N) is 1. The van der Waals surface area contributed by atoms with Crippen molar-refractivity contribution in [1.82, 2.24) is 5.32 Å². The molecule has 0 saturated heterocycles. The molecule has 3 aromatic rings. The Morgan fingerprint density at radius 1 is 1.40 bits per heavy atom. The maximum Gasteiger partial charge on any atom is 0.263 e. The maximum absolute atomic E-state index is 12.2. The molecule has 0 unspecified atom stereocenters. The molecule has 5 heteroatoms. The van der Waals surface area contributed by atoms with Crippen LogP contribution >= 0.6 is 11.3 Å². The fourth-order valence-electron chi connectivity index (χ4n) is 2.10. The van der Waals surface area contributed by atoms with E-state index in [0.29, 0.717) is 17.1 Å². The Hall–Kier alpha value is -2.27. The topological polar surface area (TPSA) is 68.3 Å². The van der Waals surface area contributed by atoms with E-state index in [-0.39, 0.29) is 5.91 Å². The number of furan rings is 1. The zero-order valence-corrected chi connectivity index (χ0v) is 11.8. The van der Waals surface area contributed by atoms with Crippen molar-refractivity contribution in [3.8, 4) is 0 Å². The van der Waals surface area contributed by atoms with E-state index in [4.69, 9.17) is 10.2 Å². The first-order valence-corrected chi connectivity index (χ1v) is 7.05. The Morgan fingerprint density at radius 2 is 2.25 bits per heavy atom. The lowest BCUT2D eigenvalue weighted by atomic mass is 10.1. The highest BCUT2D eigenvalue weighted by Gasteiger charge is 2.16. The Morgan fingerprint density at radius 3 is 2.95 bits per heavy atom. The zero-order valence-electron chi connectivity index (χ0n) is 11.0. The maximum atomic E-state index is 12.2. The molecule has 3 rings (SSSR count). The molecule has 0 radical (unpaired) electrons. The summed E-state index contributed by atoms with van der Waals surface area (Å²) >= 11 is 1.44. The van der Waals surface area contributed by atoms with Crippen molar-refractivity contribution in [2.24, 2.45) is 0 Å². The van der Waals surface area contributed by atoms with Gasteiger partial charge < -0.3 is 15.5 Å². The van der Waals surface area contributed by atoms with Crippen LogP contribution < -0.4 is 11.1 Å². The number of amides is 1. The van der Waals surface area contributed by atoms with Crippen LogP contribution in [-0.4, -0.2) is 5.91 Å². The molecule has 3 N–H and O–H groups in total. The number of thiophene rings is 1. The number of aryl methyl sites for hydroxylation is 1. The van der Waals surface area contributed by atoms with Crippen LogP contribution in [0.1, 0.15) is 20.8 Å². The molecule has 1 amide bonds. The van der Waals surface area contributed by atoms with Crippen LogP contribution in [0.15, 0.2) is 41.2 Å². The van der Waals surface area contributed by atoms with Crippen LogP contribution in [0.5, 0.6) is 0 Å². The number of benzene rings is 1. The van der Waals surface area contributed by atoms with Gasteiger partial charge in [0.25, 0.3) is 5.91 Å². The predicted molar refractivity (Wildman–Crippen MR) is 80.9 cm³/mol. The van der Waals surface area contributed by atoms with E-state index in [1.807, 2.05) is 31.2 Å². The number of rotatable bonds is 3. The number of hydrogen-bond acceptors (Lipinski definition) is 4. The van der Waals surface area contributed by atoms with Gasteiger partial charge in [0.15, 0.2) is 0 Å². The second kappa shape index (κ2) is 5.02. The number of carbonyl (C=O) groups is 1. The third kappa shape index (κ3) is 2.16. The quantitative estimate of drug-likeness (QED) is 0.776. The normalized spacial score (nSPS) is 10.8. The first kappa shape index (κ1) is 12.7. The molecule has 0 fully saturated rings. The van der Waals surface area contributed by atoms with Crippen LogP contribution in [-0.2, 0) is 6.54 Å². The molecule has 0 spiro atoms. The van der Waals surface area contributed by atoms with Gasteiger partial charge >= 0.3 is 0 Å². The summed E-state index contributed by atoms with van der Waals surface area (Å²) in [5.74, 6) is -0.149. The van der Waals surface area contributed by atoms with E-state index in [2.05, 4.69) is 5.32 Å². The second-order valence-corrected chi connectivity index (χ2v) is 5.63. The third-order valence-corrected chi connectivity index (χ3v) is 4.55. The van der Waals surface area contributed by atoms with Gasteiger partial charge in [-0.25, -0.2) is 0 Å². The van der Waals surface area contributed by atoms with E-state index >= 15 is 0 Å². The van der Waals surface area contributed by atoms with Crippen molar-refractivity contribution in [2.75, 3.05) is 5.73 Å². The molecule has 0 saturated carbocycles. The Bertz CT molecular complexity index is 760. The molecule has 2 aromatic heterocycles. The number of nitrogen functional groups attached to an aromatic ring is 1. The monoisotopic (exact) mass is 286 g/mol. The number of fused-ring (bicyclic) bond motifs is 1. The Kier molecular flexibility index (Phi) is 3.20. The predicted octanol–water partition coefficient (Wildman–Crippen LogP) is 3.31. The molecule has 0 aliphatic rings. The van der Waals surface area contributed by atoms with E-state index in [1.165, 1.54) is 11.3 Å².